The normalized spacial score (nSPS) is 10.7. The number of rotatable bonds is 5. The lowest BCUT2D eigenvalue weighted by molar-refractivity contribution is 0.574. The monoisotopic (exact) mass is 271 g/mol. The van der Waals surface area contributed by atoms with Gasteiger partial charge in [0.05, 0.1) is 0 Å². The van der Waals surface area contributed by atoms with Gasteiger partial charge in [0.1, 0.15) is 0 Å². The number of hydrogen-bond acceptors (Lipinski definition) is 1. The maximum atomic E-state index is 12.7. The second-order valence-corrected chi connectivity index (χ2v) is 6.82. The first kappa shape index (κ1) is 13.4. The van der Waals surface area contributed by atoms with E-state index in [4.69, 9.17) is 5.53 Å². The van der Waals surface area contributed by atoms with Crippen LogP contribution in [0.2, 0.25) is 0 Å². The van der Waals surface area contributed by atoms with Gasteiger partial charge in [0.2, 0.25) is 0 Å². The molecule has 0 radical (unpaired) electrons. The van der Waals surface area contributed by atoms with Crippen molar-refractivity contribution in [2.24, 2.45) is 4.88 Å². The third-order valence-electron chi connectivity index (χ3n) is 2.75. The lowest BCUT2D eigenvalue weighted by atomic mass is 10.2. The highest BCUT2D eigenvalue weighted by molar-refractivity contribution is 7.60. The van der Waals surface area contributed by atoms with E-state index in [1.165, 1.54) is 0 Å². The van der Waals surface area contributed by atoms with Gasteiger partial charge in [-0.2, -0.15) is 0 Å². The molecule has 96 valence electrons. The second-order valence-electron chi connectivity index (χ2n) is 4.31. The Morgan fingerprint density at radius 1 is 0.895 bits per heavy atom. The van der Waals surface area contributed by atoms with E-state index in [0.717, 1.165) is 11.1 Å². The van der Waals surface area contributed by atoms with Gasteiger partial charge >= 0.3 is 0 Å². The van der Waals surface area contributed by atoms with Crippen molar-refractivity contribution in [3.05, 3.63) is 82.2 Å². The van der Waals surface area contributed by atoms with Crippen LogP contribution >= 0.6 is 7.29 Å². The summed E-state index contributed by atoms with van der Waals surface area (Å²) in [6.07, 6.45) is 0.597. The predicted octanol–water partition coefficient (Wildman–Crippen LogP) is 4.98. The fraction of sp³-hybridized carbons (Fsp3) is 0.143. The fourth-order valence-electron chi connectivity index (χ4n) is 1.93. The molecule has 0 unspecified atom stereocenters. The summed E-state index contributed by atoms with van der Waals surface area (Å²) in [7, 11) is -2.95. The molecule has 2 rings (SSSR count). The van der Waals surface area contributed by atoms with Gasteiger partial charge < -0.3 is 4.57 Å². The molecule has 2 aromatic carbocycles. The Kier molecular flexibility index (Phi) is 4.40. The van der Waals surface area contributed by atoms with Crippen LogP contribution in [-0.4, -0.2) is 0 Å². The molecule has 0 N–H and O–H groups in total. The van der Waals surface area contributed by atoms with E-state index in [9.17, 15) is 4.57 Å². The third kappa shape index (κ3) is 3.99. The van der Waals surface area contributed by atoms with Crippen LogP contribution in [0.5, 0.6) is 0 Å². The second kappa shape index (κ2) is 6.24. The minimum atomic E-state index is -2.95. The summed E-state index contributed by atoms with van der Waals surface area (Å²) in [6.45, 7) is 0. The van der Waals surface area contributed by atoms with Gasteiger partial charge in [-0.15, -0.1) is 0 Å². The van der Waals surface area contributed by atoms with E-state index < -0.39 is 7.29 Å². The zero-order chi connectivity index (χ0) is 13.6. The molecule has 0 amide bonds. The quantitative estimate of drug-likeness (QED) is 0.327. The van der Waals surface area contributed by atoms with Crippen LogP contribution in [0.25, 0.3) is 10.4 Å². The maximum absolute atomic E-state index is 12.7. The molecule has 0 fully saturated rings. The fourth-order valence-corrected chi connectivity index (χ4v) is 3.88. The Balaban J connectivity index is 2.23. The topological polar surface area (TPSA) is 65.8 Å². The first-order chi connectivity index (χ1) is 9.22. The van der Waals surface area contributed by atoms with Gasteiger partial charge in [0.25, 0.3) is 0 Å². The number of nitrogens with zero attached hydrogens (tertiary/aromatic N) is 3. The van der Waals surface area contributed by atoms with Crippen LogP contribution in [-0.2, 0) is 16.9 Å². The van der Waals surface area contributed by atoms with E-state index in [0.29, 0.717) is 12.3 Å². The maximum Gasteiger partial charge on any atom is 0.181 e. The standard InChI is InChI=1S/C14H14N3OP/c15-16-17-19(18,11-13-7-3-1-4-8-13)12-14-9-5-2-6-10-14/h1-10H,11-12H2. The van der Waals surface area contributed by atoms with Crippen LogP contribution in [0, 0.1) is 0 Å². The Hall–Kier alpha value is -2.02. The molecule has 19 heavy (non-hydrogen) atoms. The van der Waals surface area contributed by atoms with Gasteiger partial charge in [-0.1, -0.05) is 60.7 Å². The zero-order valence-electron chi connectivity index (χ0n) is 10.4. The molecular weight excluding hydrogens is 257 g/mol. The molecule has 0 bridgehead atoms. The van der Waals surface area contributed by atoms with Crippen molar-refractivity contribution in [2.75, 3.05) is 0 Å². The first-order valence-electron chi connectivity index (χ1n) is 5.94. The zero-order valence-corrected chi connectivity index (χ0v) is 11.3. The van der Waals surface area contributed by atoms with Crippen LogP contribution in [0.15, 0.2) is 65.5 Å². The molecule has 5 heteroatoms. The van der Waals surface area contributed by atoms with Crippen molar-refractivity contribution in [1.82, 2.24) is 0 Å². The SMILES string of the molecule is [N-]=[N+]=NP(=O)(Cc1ccccc1)Cc1ccccc1. The Bertz CT molecular complexity index is 576. The third-order valence-corrected chi connectivity index (χ3v) is 4.87. The average molecular weight is 271 g/mol. The summed E-state index contributed by atoms with van der Waals surface area (Å²) in [5.74, 6) is 0. The minimum absolute atomic E-state index is 0.298. The van der Waals surface area contributed by atoms with E-state index in [2.05, 4.69) is 9.80 Å². The van der Waals surface area contributed by atoms with Crippen molar-refractivity contribution in [3.8, 4) is 0 Å². The minimum Gasteiger partial charge on any atom is -0.316 e. The van der Waals surface area contributed by atoms with E-state index in [-0.39, 0.29) is 0 Å². The van der Waals surface area contributed by atoms with Crippen LogP contribution in [0.3, 0.4) is 0 Å². The highest BCUT2D eigenvalue weighted by Gasteiger charge is 2.21. The van der Waals surface area contributed by atoms with Gasteiger partial charge in [0, 0.05) is 17.2 Å². The van der Waals surface area contributed by atoms with Crippen molar-refractivity contribution in [1.29, 1.82) is 0 Å². The lowest BCUT2D eigenvalue weighted by Gasteiger charge is -2.12. The van der Waals surface area contributed by atoms with Crippen molar-refractivity contribution >= 4 is 7.29 Å². The molecule has 0 saturated carbocycles. The smallest absolute Gasteiger partial charge is 0.181 e. The van der Waals surface area contributed by atoms with Gasteiger partial charge in [-0.25, -0.2) is 0 Å². The largest absolute Gasteiger partial charge is 0.316 e. The summed E-state index contributed by atoms with van der Waals surface area (Å²) < 4.78 is 12.7. The van der Waals surface area contributed by atoms with Gasteiger partial charge in [0.15, 0.2) is 7.29 Å². The van der Waals surface area contributed by atoms with Gasteiger partial charge in [-0.05, 0) is 21.5 Å². The van der Waals surface area contributed by atoms with E-state index >= 15 is 0 Å². The molecule has 0 aliphatic carbocycles. The molecular formula is C14H14N3OP. The number of hydrogen-bond donors (Lipinski definition) is 0. The molecule has 0 aliphatic heterocycles. The van der Waals surface area contributed by atoms with E-state index in [1.54, 1.807) is 0 Å². The van der Waals surface area contributed by atoms with Crippen LogP contribution < -0.4 is 0 Å². The Labute approximate surface area is 112 Å². The molecule has 2 aromatic rings. The molecule has 0 heterocycles. The van der Waals surface area contributed by atoms with Crippen molar-refractivity contribution < 1.29 is 4.57 Å². The number of azide groups is 1. The molecule has 0 spiro atoms. The molecule has 4 nitrogen and oxygen atoms in total. The predicted molar refractivity (Wildman–Crippen MR) is 77.0 cm³/mol. The first-order valence-corrected chi connectivity index (χ1v) is 7.97. The van der Waals surface area contributed by atoms with Crippen molar-refractivity contribution in [3.63, 3.8) is 0 Å². The summed E-state index contributed by atoms with van der Waals surface area (Å²) in [5.41, 5.74) is 10.5. The van der Waals surface area contributed by atoms with E-state index in [1.807, 2.05) is 60.7 Å². The summed E-state index contributed by atoms with van der Waals surface area (Å²) in [4.78, 5) is 6.34. The van der Waals surface area contributed by atoms with Crippen LogP contribution in [0.4, 0.5) is 0 Å². The summed E-state index contributed by atoms with van der Waals surface area (Å²) >= 11 is 0. The molecule has 0 aromatic heterocycles. The lowest BCUT2D eigenvalue weighted by Crippen LogP contribution is -1.91. The van der Waals surface area contributed by atoms with Crippen LogP contribution in [0.1, 0.15) is 11.1 Å². The average Bonchev–Trinajstić information content (AvgIpc) is 2.41. The highest BCUT2D eigenvalue weighted by Crippen LogP contribution is 2.53. The summed E-state index contributed by atoms with van der Waals surface area (Å²) in [5, 5.41) is 0. The Morgan fingerprint density at radius 3 is 1.68 bits per heavy atom. The van der Waals surface area contributed by atoms with Gasteiger partial charge in [-0.3, -0.25) is 0 Å². The van der Waals surface area contributed by atoms with Crippen molar-refractivity contribution in [2.45, 2.75) is 12.3 Å². The number of benzene rings is 2. The molecule has 0 saturated heterocycles. The highest BCUT2D eigenvalue weighted by atomic mass is 31.2. The Morgan fingerprint density at radius 2 is 1.32 bits per heavy atom. The molecule has 0 atom stereocenters. The summed E-state index contributed by atoms with van der Waals surface area (Å²) in [6, 6.07) is 18.9. The molecule has 0 aliphatic rings.